The fourth-order valence-electron chi connectivity index (χ4n) is 2.98. The summed E-state index contributed by atoms with van der Waals surface area (Å²) in [5, 5.41) is 0. The van der Waals surface area contributed by atoms with Gasteiger partial charge < -0.3 is 15.4 Å². The van der Waals surface area contributed by atoms with E-state index in [0.29, 0.717) is 11.6 Å². The second-order valence-corrected chi connectivity index (χ2v) is 4.98. The summed E-state index contributed by atoms with van der Waals surface area (Å²) in [6, 6.07) is 5.98. The van der Waals surface area contributed by atoms with Crippen LogP contribution in [0.4, 0.5) is 0 Å². The molecule has 1 atom stereocenters. The van der Waals surface area contributed by atoms with Gasteiger partial charge in [0.1, 0.15) is 5.75 Å². The molecular formula is C15H22N2O2. The van der Waals surface area contributed by atoms with E-state index in [0.717, 1.165) is 30.8 Å². The predicted octanol–water partition coefficient (Wildman–Crippen LogP) is 1.82. The number of benzene rings is 1. The van der Waals surface area contributed by atoms with Crippen LogP contribution >= 0.6 is 0 Å². The maximum Gasteiger partial charge on any atom is 0.249 e. The topological polar surface area (TPSA) is 55.6 Å². The third kappa shape index (κ3) is 2.89. The molecule has 4 nitrogen and oxygen atoms in total. The lowest BCUT2D eigenvalue weighted by atomic mass is 9.97. The third-order valence-electron chi connectivity index (χ3n) is 3.96. The summed E-state index contributed by atoms with van der Waals surface area (Å²) in [6.45, 7) is 4.36. The van der Waals surface area contributed by atoms with Crippen molar-refractivity contribution in [3.05, 3.63) is 29.3 Å². The van der Waals surface area contributed by atoms with Crippen molar-refractivity contribution in [2.75, 3.05) is 20.2 Å². The van der Waals surface area contributed by atoms with E-state index < -0.39 is 0 Å². The first-order valence-electron chi connectivity index (χ1n) is 6.87. The van der Waals surface area contributed by atoms with E-state index >= 15 is 0 Å². The summed E-state index contributed by atoms with van der Waals surface area (Å²) >= 11 is 0. The van der Waals surface area contributed by atoms with Gasteiger partial charge in [-0.2, -0.15) is 0 Å². The Morgan fingerprint density at radius 2 is 2.32 bits per heavy atom. The van der Waals surface area contributed by atoms with Gasteiger partial charge in [0.15, 0.2) is 0 Å². The smallest absolute Gasteiger partial charge is 0.249 e. The molecule has 1 heterocycles. The molecule has 1 saturated heterocycles. The van der Waals surface area contributed by atoms with E-state index in [1.165, 1.54) is 12.8 Å². The lowest BCUT2D eigenvalue weighted by Gasteiger charge is -2.24. The van der Waals surface area contributed by atoms with Crippen molar-refractivity contribution in [2.24, 2.45) is 5.73 Å². The fraction of sp³-hybridized carbons (Fsp3) is 0.533. The number of primary amides is 1. The van der Waals surface area contributed by atoms with Crippen molar-refractivity contribution in [3.8, 4) is 5.75 Å². The number of nitrogens with two attached hydrogens (primary N) is 1. The molecule has 1 aliphatic rings. The van der Waals surface area contributed by atoms with E-state index in [2.05, 4.69) is 11.8 Å². The van der Waals surface area contributed by atoms with E-state index in [9.17, 15) is 4.79 Å². The van der Waals surface area contributed by atoms with Gasteiger partial charge in [-0.1, -0.05) is 13.0 Å². The normalized spacial score (nSPS) is 19.6. The first-order chi connectivity index (χ1) is 9.17. The van der Waals surface area contributed by atoms with Gasteiger partial charge in [0.25, 0.3) is 0 Å². The standard InChI is InChI=1S/C15H22N2O2/c1-3-17-9-5-6-11(17)10-13-12(15(16)18)7-4-8-14(13)19-2/h4,7-8,11H,3,5-6,9-10H2,1-2H3,(H2,16,18). The highest BCUT2D eigenvalue weighted by Crippen LogP contribution is 2.28. The highest BCUT2D eigenvalue weighted by molar-refractivity contribution is 5.95. The maximum atomic E-state index is 11.6. The van der Waals surface area contributed by atoms with Crippen LogP contribution in [0.1, 0.15) is 35.7 Å². The number of amides is 1. The zero-order valence-corrected chi connectivity index (χ0v) is 11.7. The second-order valence-electron chi connectivity index (χ2n) is 4.98. The number of hydrogen-bond acceptors (Lipinski definition) is 3. The minimum atomic E-state index is -0.380. The Bertz CT molecular complexity index is 459. The zero-order valence-electron chi connectivity index (χ0n) is 11.7. The summed E-state index contributed by atoms with van der Waals surface area (Å²) in [4.78, 5) is 14.0. The number of ether oxygens (including phenoxy) is 1. The van der Waals surface area contributed by atoms with Crippen LogP contribution in [-0.4, -0.2) is 37.0 Å². The molecular weight excluding hydrogens is 240 g/mol. The molecule has 2 rings (SSSR count). The van der Waals surface area contributed by atoms with Gasteiger partial charge in [0, 0.05) is 17.2 Å². The molecule has 0 saturated carbocycles. The van der Waals surface area contributed by atoms with Gasteiger partial charge in [-0.15, -0.1) is 0 Å². The second kappa shape index (κ2) is 6.06. The van der Waals surface area contributed by atoms with Crippen LogP contribution in [0.5, 0.6) is 5.75 Å². The van der Waals surface area contributed by atoms with Gasteiger partial charge in [0.05, 0.1) is 7.11 Å². The van der Waals surface area contributed by atoms with Crippen LogP contribution in [0.3, 0.4) is 0 Å². The molecule has 1 fully saturated rings. The number of likely N-dealkylation sites (tertiary alicyclic amines) is 1. The summed E-state index contributed by atoms with van der Waals surface area (Å²) in [5.74, 6) is 0.384. The Morgan fingerprint density at radius 1 is 1.53 bits per heavy atom. The molecule has 4 heteroatoms. The average molecular weight is 262 g/mol. The van der Waals surface area contributed by atoms with E-state index in [-0.39, 0.29) is 5.91 Å². The molecule has 0 aliphatic carbocycles. The number of likely N-dealkylation sites (N-methyl/N-ethyl adjacent to an activating group) is 1. The summed E-state index contributed by atoms with van der Waals surface area (Å²) in [6.07, 6.45) is 3.22. The molecule has 1 aromatic carbocycles. The Hall–Kier alpha value is -1.55. The van der Waals surface area contributed by atoms with E-state index in [1.807, 2.05) is 12.1 Å². The highest BCUT2D eigenvalue weighted by Gasteiger charge is 2.26. The lowest BCUT2D eigenvalue weighted by Crippen LogP contribution is -2.31. The monoisotopic (exact) mass is 262 g/mol. The predicted molar refractivity (Wildman–Crippen MR) is 75.5 cm³/mol. The number of rotatable bonds is 5. The molecule has 1 unspecified atom stereocenters. The van der Waals surface area contributed by atoms with Gasteiger partial charge in [0.2, 0.25) is 5.91 Å². The quantitative estimate of drug-likeness (QED) is 0.880. The van der Waals surface area contributed by atoms with Crippen molar-refractivity contribution in [1.82, 2.24) is 4.90 Å². The summed E-state index contributed by atoms with van der Waals surface area (Å²) in [5.41, 5.74) is 7.00. The Morgan fingerprint density at radius 3 is 2.95 bits per heavy atom. The Kier molecular flexibility index (Phi) is 4.43. The molecule has 19 heavy (non-hydrogen) atoms. The molecule has 1 aliphatic heterocycles. The van der Waals surface area contributed by atoms with Crippen molar-refractivity contribution in [2.45, 2.75) is 32.2 Å². The lowest BCUT2D eigenvalue weighted by molar-refractivity contribution is 0.0998. The first kappa shape index (κ1) is 13.9. The minimum Gasteiger partial charge on any atom is -0.496 e. The van der Waals surface area contributed by atoms with Crippen molar-refractivity contribution in [1.29, 1.82) is 0 Å². The number of carbonyl (C=O) groups is 1. The third-order valence-corrected chi connectivity index (χ3v) is 3.96. The van der Waals surface area contributed by atoms with E-state index in [4.69, 9.17) is 10.5 Å². The SMILES string of the molecule is CCN1CCCC1Cc1c(OC)cccc1C(N)=O. The van der Waals surface area contributed by atoms with Crippen molar-refractivity contribution < 1.29 is 9.53 Å². The molecule has 2 N–H and O–H groups in total. The van der Waals surface area contributed by atoms with Crippen LogP contribution in [0.15, 0.2) is 18.2 Å². The zero-order chi connectivity index (χ0) is 13.8. The minimum absolute atomic E-state index is 0.380. The number of carbonyl (C=O) groups excluding carboxylic acids is 1. The number of methoxy groups -OCH3 is 1. The molecule has 1 amide bonds. The van der Waals surface area contributed by atoms with Crippen LogP contribution < -0.4 is 10.5 Å². The van der Waals surface area contributed by atoms with Crippen molar-refractivity contribution >= 4 is 5.91 Å². The first-order valence-corrected chi connectivity index (χ1v) is 6.87. The largest absolute Gasteiger partial charge is 0.496 e. The summed E-state index contributed by atoms with van der Waals surface area (Å²) in [7, 11) is 1.63. The van der Waals surface area contributed by atoms with E-state index in [1.54, 1.807) is 13.2 Å². The van der Waals surface area contributed by atoms with Crippen LogP contribution in [0.2, 0.25) is 0 Å². The van der Waals surface area contributed by atoms with Gasteiger partial charge in [-0.25, -0.2) is 0 Å². The van der Waals surface area contributed by atoms with Crippen LogP contribution in [0.25, 0.3) is 0 Å². The molecule has 0 radical (unpaired) electrons. The average Bonchev–Trinajstić information content (AvgIpc) is 2.86. The number of nitrogens with zero attached hydrogens (tertiary/aromatic N) is 1. The molecule has 0 spiro atoms. The van der Waals surface area contributed by atoms with Crippen LogP contribution in [0, 0.1) is 0 Å². The highest BCUT2D eigenvalue weighted by atomic mass is 16.5. The Balaban J connectivity index is 2.29. The fourth-order valence-corrected chi connectivity index (χ4v) is 2.98. The molecule has 104 valence electrons. The maximum absolute atomic E-state index is 11.6. The van der Waals surface area contributed by atoms with Gasteiger partial charge >= 0.3 is 0 Å². The molecule has 0 bridgehead atoms. The van der Waals surface area contributed by atoms with Crippen LogP contribution in [-0.2, 0) is 6.42 Å². The molecule has 0 aromatic heterocycles. The summed E-state index contributed by atoms with van der Waals surface area (Å²) < 4.78 is 5.39. The van der Waals surface area contributed by atoms with Crippen molar-refractivity contribution in [3.63, 3.8) is 0 Å². The Labute approximate surface area is 114 Å². The molecule has 1 aromatic rings. The van der Waals surface area contributed by atoms with Gasteiger partial charge in [-0.3, -0.25) is 4.79 Å². The number of hydrogen-bond donors (Lipinski definition) is 1. The van der Waals surface area contributed by atoms with Gasteiger partial charge in [-0.05, 0) is 44.5 Å².